The number of nitrogens with one attached hydrogen (secondary N) is 2. The van der Waals surface area contributed by atoms with Gasteiger partial charge in [0.25, 0.3) is 0 Å². The summed E-state index contributed by atoms with van der Waals surface area (Å²) >= 11 is 0. The van der Waals surface area contributed by atoms with Gasteiger partial charge in [0, 0.05) is 56.9 Å². The van der Waals surface area contributed by atoms with Gasteiger partial charge in [-0.2, -0.15) is 18.2 Å². The molecule has 1 aromatic carbocycles. The first-order valence-electron chi connectivity index (χ1n) is 11.7. The Bertz CT molecular complexity index is 1350. The van der Waals surface area contributed by atoms with Gasteiger partial charge < -0.3 is 15.4 Å². The summed E-state index contributed by atoms with van der Waals surface area (Å²) in [5.74, 6) is -0.377. The Morgan fingerprint density at radius 1 is 1.11 bits per heavy atom. The van der Waals surface area contributed by atoms with Crippen LogP contribution in [-0.4, -0.2) is 67.9 Å². The van der Waals surface area contributed by atoms with Crippen molar-refractivity contribution in [1.82, 2.24) is 19.9 Å². The maximum atomic E-state index is 13.7. The maximum absolute atomic E-state index is 13.7. The van der Waals surface area contributed by atoms with Gasteiger partial charge >= 0.3 is 6.18 Å². The Morgan fingerprint density at radius 2 is 1.82 bits per heavy atom. The van der Waals surface area contributed by atoms with Crippen LogP contribution in [-0.2, 0) is 34.0 Å². The van der Waals surface area contributed by atoms with Gasteiger partial charge in [-0.15, -0.1) is 0 Å². The van der Waals surface area contributed by atoms with E-state index in [0.29, 0.717) is 30.7 Å². The number of rotatable bonds is 9. The molecule has 1 aliphatic heterocycles. The number of pyridine rings is 1. The van der Waals surface area contributed by atoms with E-state index in [4.69, 9.17) is 4.74 Å². The second-order valence-corrected chi connectivity index (χ2v) is 10.7. The van der Waals surface area contributed by atoms with Crippen molar-refractivity contribution in [1.29, 1.82) is 0 Å². The fourth-order valence-electron chi connectivity index (χ4n) is 3.81. The normalized spacial score (nSPS) is 14.8. The zero-order valence-electron chi connectivity index (χ0n) is 20.9. The Hall–Kier alpha value is -3.49. The maximum Gasteiger partial charge on any atom is 0.421 e. The van der Waals surface area contributed by atoms with Crippen molar-refractivity contribution in [3.8, 4) is 0 Å². The van der Waals surface area contributed by atoms with Gasteiger partial charge in [-0.25, -0.2) is 18.4 Å². The molecule has 10 nitrogen and oxygen atoms in total. The zero-order valence-corrected chi connectivity index (χ0v) is 21.7. The van der Waals surface area contributed by atoms with Gasteiger partial charge in [-0.05, 0) is 23.8 Å². The van der Waals surface area contributed by atoms with Crippen LogP contribution >= 0.6 is 0 Å². The van der Waals surface area contributed by atoms with E-state index in [1.54, 1.807) is 12.1 Å². The van der Waals surface area contributed by atoms with Crippen LogP contribution in [0.15, 0.2) is 48.8 Å². The molecule has 0 bridgehead atoms. The summed E-state index contributed by atoms with van der Waals surface area (Å²) in [6.45, 7) is 3.76. The van der Waals surface area contributed by atoms with Gasteiger partial charge in [0.05, 0.1) is 19.5 Å². The predicted molar refractivity (Wildman–Crippen MR) is 138 cm³/mol. The number of morpholine rings is 1. The third-order valence-corrected chi connectivity index (χ3v) is 7.09. The molecule has 0 unspecified atom stereocenters. The van der Waals surface area contributed by atoms with E-state index in [-0.39, 0.29) is 18.3 Å². The van der Waals surface area contributed by atoms with Crippen molar-refractivity contribution >= 4 is 33.3 Å². The van der Waals surface area contributed by atoms with Crippen molar-refractivity contribution in [2.45, 2.75) is 19.3 Å². The number of ether oxygens (including phenoxy) is 1. The summed E-state index contributed by atoms with van der Waals surface area (Å²) in [5.41, 5.74) is 1.04. The fraction of sp³-hybridized carbons (Fsp3) is 0.375. The lowest BCUT2D eigenvalue weighted by Gasteiger charge is -2.26. The predicted octanol–water partition coefficient (Wildman–Crippen LogP) is 3.47. The number of hydrogen-bond donors (Lipinski definition) is 2. The molecule has 1 fully saturated rings. The van der Waals surface area contributed by atoms with Crippen LogP contribution in [0, 0.1) is 0 Å². The first kappa shape index (κ1) is 27.5. The highest BCUT2D eigenvalue weighted by molar-refractivity contribution is 7.92. The molecule has 0 atom stereocenters. The monoisotopic (exact) mass is 551 g/mol. The summed E-state index contributed by atoms with van der Waals surface area (Å²) in [5, 5.41) is 5.61. The number of halogens is 3. The summed E-state index contributed by atoms with van der Waals surface area (Å²) in [7, 11) is -2.31. The molecule has 38 heavy (non-hydrogen) atoms. The smallest absolute Gasteiger partial charge is 0.379 e. The molecule has 2 aromatic heterocycles. The zero-order chi connectivity index (χ0) is 27.3. The van der Waals surface area contributed by atoms with E-state index in [2.05, 4.69) is 30.5 Å². The third-order valence-electron chi connectivity index (χ3n) is 5.92. The van der Waals surface area contributed by atoms with E-state index < -0.39 is 27.6 Å². The largest absolute Gasteiger partial charge is 0.421 e. The number of sulfonamides is 1. The fourth-order valence-corrected chi connectivity index (χ4v) is 4.29. The van der Waals surface area contributed by atoms with Crippen LogP contribution in [0.1, 0.15) is 16.7 Å². The molecular formula is C24H28F3N7O3S. The number of benzene rings is 1. The van der Waals surface area contributed by atoms with Crippen molar-refractivity contribution < 1.29 is 26.3 Å². The minimum atomic E-state index is -4.71. The summed E-state index contributed by atoms with van der Waals surface area (Å²) in [6.07, 6.45) is -1.58. The highest BCUT2D eigenvalue weighted by Gasteiger charge is 2.35. The number of hydrogen-bond acceptors (Lipinski definition) is 9. The molecule has 0 aliphatic carbocycles. The molecule has 0 saturated carbocycles. The Morgan fingerprint density at radius 3 is 2.47 bits per heavy atom. The van der Waals surface area contributed by atoms with Crippen molar-refractivity contribution in [3.05, 3.63) is 65.5 Å². The van der Waals surface area contributed by atoms with E-state index in [1.807, 2.05) is 24.3 Å². The molecule has 4 rings (SSSR count). The lowest BCUT2D eigenvalue weighted by atomic mass is 10.2. The third kappa shape index (κ3) is 7.08. The van der Waals surface area contributed by atoms with E-state index >= 15 is 0 Å². The second-order valence-electron chi connectivity index (χ2n) is 8.73. The van der Waals surface area contributed by atoms with Crippen molar-refractivity contribution in [2.75, 3.05) is 54.5 Å². The minimum Gasteiger partial charge on any atom is -0.379 e. The lowest BCUT2D eigenvalue weighted by molar-refractivity contribution is -0.137. The standard InChI is InChI=1S/C24H28F3N7O3S/c1-33(38(2,35)36)22-18(4-3-9-28-22)14-29-21-20(24(25,26)27)15-30-23(32-21)31-19-7-5-17(6-8-19)16-34-10-12-37-13-11-34/h3-9,15H,10-14,16H2,1-2H3,(H2,29,30,31,32). The van der Waals surface area contributed by atoms with E-state index in [1.165, 1.54) is 13.2 Å². The van der Waals surface area contributed by atoms with Crippen LogP contribution in [0.2, 0.25) is 0 Å². The summed E-state index contributed by atoms with van der Waals surface area (Å²) in [6, 6.07) is 10.6. The molecule has 2 N–H and O–H groups in total. The summed E-state index contributed by atoms with van der Waals surface area (Å²) in [4.78, 5) is 14.3. The molecule has 204 valence electrons. The molecule has 3 heterocycles. The van der Waals surface area contributed by atoms with Gasteiger partial charge in [-0.3, -0.25) is 9.21 Å². The Balaban J connectivity index is 1.51. The topological polar surface area (TPSA) is 113 Å². The average molecular weight is 552 g/mol. The van der Waals surface area contributed by atoms with Crippen LogP contribution < -0.4 is 14.9 Å². The quantitative estimate of drug-likeness (QED) is 0.413. The van der Waals surface area contributed by atoms with Gasteiger partial charge in [0.15, 0.2) is 0 Å². The van der Waals surface area contributed by atoms with Gasteiger partial charge in [-0.1, -0.05) is 18.2 Å². The number of alkyl halides is 3. The first-order valence-corrected chi connectivity index (χ1v) is 13.6. The van der Waals surface area contributed by atoms with Crippen molar-refractivity contribution in [2.24, 2.45) is 0 Å². The van der Waals surface area contributed by atoms with Gasteiger partial charge in [0.1, 0.15) is 17.2 Å². The molecule has 1 aliphatic rings. The minimum absolute atomic E-state index is 0.0268. The SMILES string of the molecule is CN(c1ncccc1CNc1nc(Nc2ccc(CN3CCOCC3)cc2)ncc1C(F)(F)F)S(C)(=O)=O. The Labute approximate surface area is 218 Å². The second kappa shape index (κ2) is 11.5. The first-order chi connectivity index (χ1) is 18.0. The average Bonchev–Trinajstić information content (AvgIpc) is 2.88. The van der Waals surface area contributed by atoms with E-state index in [9.17, 15) is 21.6 Å². The van der Waals surface area contributed by atoms with Crippen LogP contribution in [0.4, 0.5) is 36.4 Å². The van der Waals surface area contributed by atoms with Crippen molar-refractivity contribution in [3.63, 3.8) is 0 Å². The van der Waals surface area contributed by atoms with Gasteiger partial charge in [0.2, 0.25) is 16.0 Å². The molecule has 0 spiro atoms. The molecule has 14 heteroatoms. The molecule has 3 aromatic rings. The molecular weight excluding hydrogens is 523 g/mol. The number of aromatic nitrogens is 3. The van der Waals surface area contributed by atoms with Crippen LogP contribution in [0.3, 0.4) is 0 Å². The lowest BCUT2D eigenvalue weighted by Crippen LogP contribution is -2.35. The number of anilines is 4. The highest BCUT2D eigenvalue weighted by atomic mass is 32.2. The number of nitrogens with zero attached hydrogens (tertiary/aromatic N) is 5. The molecule has 0 amide bonds. The van der Waals surface area contributed by atoms with Crippen LogP contribution in [0.5, 0.6) is 0 Å². The highest BCUT2D eigenvalue weighted by Crippen LogP contribution is 2.34. The summed E-state index contributed by atoms with van der Waals surface area (Å²) < 4.78 is 71.3. The van der Waals surface area contributed by atoms with E-state index in [0.717, 1.165) is 35.8 Å². The Kier molecular flexibility index (Phi) is 8.33. The molecule has 0 radical (unpaired) electrons. The van der Waals surface area contributed by atoms with Crippen LogP contribution in [0.25, 0.3) is 0 Å². The molecule has 1 saturated heterocycles.